The number of ether oxygens (including phenoxy) is 2. The van der Waals surface area contributed by atoms with Crippen LogP contribution in [-0.4, -0.2) is 18.4 Å². The van der Waals surface area contributed by atoms with Crippen LogP contribution in [0.5, 0.6) is 11.5 Å². The Labute approximate surface area is 140 Å². The number of alkyl halides is 3. The molecule has 8 heteroatoms. The summed E-state index contributed by atoms with van der Waals surface area (Å²) in [6, 6.07) is 0. The van der Waals surface area contributed by atoms with Gasteiger partial charge in [-0.05, 0) is 25.5 Å². The molecule has 0 bridgehead atoms. The highest BCUT2D eigenvalue weighted by molar-refractivity contribution is 6.49. The molecule has 1 aliphatic heterocycles. The molecule has 0 aromatic heterocycles. The van der Waals surface area contributed by atoms with Crippen molar-refractivity contribution in [1.29, 1.82) is 0 Å². The molecule has 122 valence electrons. The Balaban J connectivity index is 2.70. The zero-order valence-electron chi connectivity index (χ0n) is 11.7. The Morgan fingerprint density at radius 3 is 2.27 bits per heavy atom. The summed E-state index contributed by atoms with van der Waals surface area (Å²) in [7, 11) is 0. The van der Waals surface area contributed by atoms with Gasteiger partial charge in [0.25, 0.3) is 0 Å². The van der Waals surface area contributed by atoms with Gasteiger partial charge in [0.2, 0.25) is 5.60 Å². The molecule has 1 aliphatic rings. The molecular formula is C14H12Cl3F3O2. The molecule has 0 radical (unpaired) electrons. The summed E-state index contributed by atoms with van der Waals surface area (Å²) < 4.78 is 50.7. The zero-order chi connectivity index (χ0) is 16.7. The minimum Gasteiger partial charge on any atom is -0.488 e. The lowest BCUT2D eigenvalue weighted by Gasteiger charge is -2.36. The van der Waals surface area contributed by atoms with Crippen LogP contribution in [0, 0.1) is 0 Å². The summed E-state index contributed by atoms with van der Waals surface area (Å²) in [6.07, 6.45) is -2.74. The van der Waals surface area contributed by atoms with Gasteiger partial charge in [-0.2, -0.15) is 13.2 Å². The molecule has 2 nitrogen and oxygen atoms in total. The highest BCUT2D eigenvalue weighted by Crippen LogP contribution is 2.53. The van der Waals surface area contributed by atoms with E-state index in [0.29, 0.717) is 0 Å². The van der Waals surface area contributed by atoms with Gasteiger partial charge in [0, 0.05) is 5.56 Å². The van der Waals surface area contributed by atoms with Gasteiger partial charge in [0.15, 0.2) is 11.5 Å². The van der Waals surface area contributed by atoms with Crippen LogP contribution in [0.2, 0.25) is 15.1 Å². The zero-order valence-corrected chi connectivity index (χ0v) is 13.9. The average molecular weight is 376 g/mol. The van der Waals surface area contributed by atoms with Crippen molar-refractivity contribution < 1.29 is 22.6 Å². The van der Waals surface area contributed by atoms with Crippen molar-refractivity contribution in [1.82, 2.24) is 0 Å². The summed E-state index contributed by atoms with van der Waals surface area (Å²) in [5, 5.41) is -0.0437. The third-order valence-corrected chi connectivity index (χ3v) is 4.69. The predicted molar refractivity (Wildman–Crippen MR) is 81.4 cm³/mol. The average Bonchev–Trinajstić information content (AvgIpc) is 2.47. The molecule has 0 amide bonds. The Morgan fingerprint density at radius 1 is 1.14 bits per heavy atom. The first-order valence-corrected chi connectivity index (χ1v) is 7.60. The fourth-order valence-electron chi connectivity index (χ4n) is 2.14. The van der Waals surface area contributed by atoms with Crippen LogP contribution in [0.25, 0.3) is 6.08 Å². The molecule has 1 aromatic carbocycles. The number of fused-ring (bicyclic) bond motifs is 1. The fourth-order valence-corrected chi connectivity index (χ4v) is 2.85. The van der Waals surface area contributed by atoms with Crippen molar-refractivity contribution in [2.75, 3.05) is 6.61 Å². The van der Waals surface area contributed by atoms with Crippen molar-refractivity contribution in [3.63, 3.8) is 0 Å². The van der Waals surface area contributed by atoms with Gasteiger partial charge in [-0.15, -0.1) is 0 Å². The Bertz CT molecular complexity index is 629. The van der Waals surface area contributed by atoms with E-state index in [1.807, 2.05) is 0 Å². The molecule has 1 atom stereocenters. The third kappa shape index (κ3) is 2.63. The van der Waals surface area contributed by atoms with Gasteiger partial charge < -0.3 is 9.47 Å². The number of rotatable bonds is 3. The highest BCUT2D eigenvalue weighted by Gasteiger charge is 2.56. The van der Waals surface area contributed by atoms with E-state index in [2.05, 4.69) is 0 Å². The molecule has 22 heavy (non-hydrogen) atoms. The van der Waals surface area contributed by atoms with Gasteiger partial charge in [-0.3, -0.25) is 0 Å². The maximum atomic E-state index is 13.4. The molecule has 1 aromatic rings. The van der Waals surface area contributed by atoms with Gasteiger partial charge >= 0.3 is 6.18 Å². The first kappa shape index (κ1) is 17.6. The smallest absolute Gasteiger partial charge is 0.432 e. The topological polar surface area (TPSA) is 18.5 Å². The lowest BCUT2D eigenvalue weighted by atomic mass is 9.94. The molecule has 1 unspecified atom stereocenters. The second-order valence-corrected chi connectivity index (χ2v) is 5.76. The van der Waals surface area contributed by atoms with Crippen molar-refractivity contribution in [3.8, 4) is 11.5 Å². The molecule has 0 fully saturated rings. The van der Waals surface area contributed by atoms with Crippen molar-refractivity contribution in [2.24, 2.45) is 0 Å². The minimum absolute atomic E-state index is 0.00907. The summed E-state index contributed by atoms with van der Waals surface area (Å²) in [5.74, 6) is -0.192. The van der Waals surface area contributed by atoms with Crippen LogP contribution in [0.3, 0.4) is 0 Å². The summed E-state index contributed by atoms with van der Waals surface area (Å²) in [6.45, 7) is 3.23. The fraction of sp³-hybridized carbons (Fsp3) is 0.429. The van der Waals surface area contributed by atoms with Crippen molar-refractivity contribution in [3.05, 3.63) is 26.7 Å². The van der Waals surface area contributed by atoms with Crippen molar-refractivity contribution >= 4 is 40.9 Å². The lowest BCUT2D eigenvalue weighted by molar-refractivity contribution is -0.230. The first-order chi connectivity index (χ1) is 10.2. The van der Waals surface area contributed by atoms with E-state index < -0.39 is 11.8 Å². The highest BCUT2D eigenvalue weighted by atomic mass is 35.5. The van der Waals surface area contributed by atoms with Crippen LogP contribution in [0.4, 0.5) is 13.2 Å². The monoisotopic (exact) mass is 374 g/mol. The van der Waals surface area contributed by atoms with Crippen molar-refractivity contribution in [2.45, 2.75) is 32.0 Å². The van der Waals surface area contributed by atoms with Crippen LogP contribution in [0.1, 0.15) is 25.8 Å². The van der Waals surface area contributed by atoms with Crippen LogP contribution >= 0.6 is 34.8 Å². The van der Waals surface area contributed by atoms with Crippen LogP contribution in [-0.2, 0) is 0 Å². The Kier molecular flexibility index (Phi) is 4.81. The standard InChI is InChI=1S/C14H12Cl3F3O2/c1-3-13(14(18,19)20)6-5-7-8(15)9(16)10(17)12(21-4-2)11(7)22-13/h5-6H,3-4H2,1-2H3. The van der Waals surface area contributed by atoms with E-state index in [0.717, 1.165) is 6.08 Å². The number of hydrogen-bond acceptors (Lipinski definition) is 2. The summed E-state index contributed by atoms with van der Waals surface area (Å²) >= 11 is 18.1. The molecule has 1 heterocycles. The predicted octanol–water partition coefficient (Wildman–Crippen LogP) is 6.16. The first-order valence-electron chi connectivity index (χ1n) is 6.46. The second kappa shape index (κ2) is 6.02. The van der Waals surface area contributed by atoms with E-state index in [4.69, 9.17) is 44.3 Å². The second-order valence-electron chi connectivity index (χ2n) is 4.62. The van der Waals surface area contributed by atoms with E-state index >= 15 is 0 Å². The largest absolute Gasteiger partial charge is 0.488 e. The number of halogens is 6. The van der Waals surface area contributed by atoms with Gasteiger partial charge in [-0.25, -0.2) is 0 Å². The summed E-state index contributed by atoms with van der Waals surface area (Å²) in [5.41, 5.74) is -2.24. The Morgan fingerprint density at radius 2 is 1.77 bits per heavy atom. The van der Waals surface area contributed by atoms with E-state index in [9.17, 15) is 13.2 Å². The van der Waals surface area contributed by atoms with E-state index in [-0.39, 0.29) is 45.2 Å². The van der Waals surface area contributed by atoms with Gasteiger partial charge in [-0.1, -0.05) is 41.7 Å². The van der Waals surface area contributed by atoms with Crippen LogP contribution < -0.4 is 9.47 Å². The number of benzene rings is 1. The number of hydrogen-bond donors (Lipinski definition) is 0. The van der Waals surface area contributed by atoms with Crippen LogP contribution in [0.15, 0.2) is 6.08 Å². The molecule has 0 aliphatic carbocycles. The van der Waals surface area contributed by atoms with E-state index in [1.165, 1.54) is 13.0 Å². The maximum Gasteiger partial charge on any atom is 0.432 e. The normalized spacial score (nSPS) is 20.5. The molecule has 0 spiro atoms. The third-order valence-electron chi connectivity index (χ3n) is 3.37. The molecule has 0 N–H and O–H groups in total. The van der Waals surface area contributed by atoms with Gasteiger partial charge in [0.05, 0.1) is 16.7 Å². The quantitative estimate of drug-likeness (QED) is 0.589. The minimum atomic E-state index is -4.60. The lowest BCUT2D eigenvalue weighted by Crippen LogP contribution is -2.49. The van der Waals surface area contributed by atoms with Gasteiger partial charge in [0.1, 0.15) is 5.02 Å². The SMILES string of the molecule is CCOc1c(Cl)c(Cl)c(Cl)c2c1OC(CC)(C(F)(F)F)C=C2. The Hall–Kier alpha value is -0.780. The molecule has 2 rings (SSSR count). The molecule has 0 saturated carbocycles. The maximum absolute atomic E-state index is 13.4. The van der Waals surface area contributed by atoms with E-state index in [1.54, 1.807) is 6.92 Å². The molecular weight excluding hydrogens is 364 g/mol. The summed E-state index contributed by atoms with van der Waals surface area (Å²) in [4.78, 5) is 0. The molecule has 0 saturated heterocycles.